The van der Waals surface area contributed by atoms with Crippen molar-refractivity contribution in [2.45, 2.75) is 43.0 Å². The summed E-state index contributed by atoms with van der Waals surface area (Å²) in [6, 6.07) is 10.8. The number of sulfonamides is 1. The monoisotopic (exact) mass is 544 g/mol. The first-order chi connectivity index (χ1) is 18.3. The van der Waals surface area contributed by atoms with E-state index >= 15 is 0 Å². The summed E-state index contributed by atoms with van der Waals surface area (Å²) in [4.78, 5) is 27.2. The fraction of sp³-hybridized carbons (Fsp3) is 0.481. The lowest BCUT2D eigenvalue weighted by molar-refractivity contribution is -0.133. The number of amides is 2. The van der Waals surface area contributed by atoms with E-state index in [1.807, 2.05) is 0 Å². The maximum atomic E-state index is 14.8. The van der Waals surface area contributed by atoms with E-state index < -0.39 is 21.7 Å². The molecule has 0 radical (unpaired) electrons. The number of nitrogens with zero attached hydrogens (tertiary/aromatic N) is 2. The van der Waals surface area contributed by atoms with Gasteiger partial charge < -0.3 is 9.64 Å². The van der Waals surface area contributed by atoms with Crippen LogP contribution in [0, 0.1) is 17.7 Å². The summed E-state index contributed by atoms with van der Waals surface area (Å²) in [5.74, 6) is -0.261. The van der Waals surface area contributed by atoms with Gasteiger partial charge in [-0.3, -0.25) is 15.0 Å². The van der Waals surface area contributed by atoms with Crippen molar-refractivity contribution in [2.75, 3.05) is 33.3 Å². The van der Waals surface area contributed by atoms with Crippen LogP contribution in [0.25, 0.3) is 0 Å². The number of methoxy groups -OCH3 is 1. The Hall–Kier alpha value is -3.02. The molecule has 1 saturated carbocycles. The fourth-order valence-electron chi connectivity index (χ4n) is 5.85. The number of ether oxygens (including phenoxy) is 1. The SMILES string of the molecule is COc1ccc(S(=O)(=O)N2CCN(C(=O)c3cc(CC4NNC(=O)C5CCCCC45)ccc3F)CC2)cc1. The molecule has 0 spiro atoms. The number of nitrogens with one attached hydrogen (secondary N) is 2. The number of rotatable bonds is 6. The number of hydrazine groups is 1. The Kier molecular flexibility index (Phi) is 7.69. The molecule has 0 bridgehead atoms. The van der Waals surface area contributed by atoms with Gasteiger partial charge in [0, 0.05) is 38.1 Å². The van der Waals surface area contributed by atoms with E-state index in [4.69, 9.17) is 4.74 Å². The van der Waals surface area contributed by atoms with Crippen LogP contribution < -0.4 is 15.6 Å². The molecule has 2 aromatic carbocycles. The second kappa shape index (κ2) is 11.0. The summed E-state index contributed by atoms with van der Waals surface area (Å²) in [5, 5.41) is 0. The smallest absolute Gasteiger partial charge is 0.256 e. The summed E-state index contributed by atoms with van der Waals surface area (Å²) < 4.78 is 47.3. The highest BCUT2D eigenvalue weighted by Crippen LogP contribution is 2.35. The molecule has 2 N–H and O–H groups in total. The van der Waals surface area contributed by atoms with Gasteiger partial charge in [0.25, 0.3) is 5.91 Å². The number of fused-ring (bicyclic) bond motifs is 1. The van der Waals surface area contributed by atoms with Crippen LogP contribution in [-0.4, -0.2) is 68.8 Å². The second-order valence-electron chi connectivity index (χ2n) is 10.2. The second-order valence-corrected chi connectivity index (χ2v) is 12.1. The number of benzene rings is 2. The third-order valence-electron chi connectivity index (χ3n) is 7.99. The molecule has 2 saturated heterocycles. The van der Waals surface area contributed by atoms with Crippen LogP contribution in [0.4, 0.5) is 4.39 Å². The minimum absolute atomic E-state index is 0.0120. The van der Waals surface area contributed by atoms with Gasteiger partial charge in [0.2, 0.25) is 15.9 Å². The van der Waals surface area contributed by atoms with Crippen LogP contribution in [0.5, 0.6) is 5.75 Å². The molecule has 1 aliphatic carbocycles. The van der Waals surface area contributed by atoms with Gasteiger partial charge >= 0.3 is 0 Å². The van der Waals surface area contributed by atoms with E-state index in [9.17, 15) is 22.4 Å². The largest absolute Gasteiger partial charge is 0.497 e. The van der Waals surface area contributed by atoms with Crippen LogP contribution in [0.1, 0.15) is 41.6 Å². The molecule has 2 heterocycles. The molecule has 3 unspecified atom stereocenters. The number of hydrogen-bond donors (Lipinski definition) is 2. The lowest BCUT2D eigenvalue weighted by Gasteiger charge is -2.41. The lowest BCUT2D eigenvalue weighted by Crippen LogP contribution is -2.60. The van der Waals surface area contributed by atoms with E-state index in [1.165, 1.54) is 34.5 Å². The van der Waals surface area contributed by atoms with Crippen LogP contribution in [-0.2, 0) is 21.2 Å². The summed E-state index contributed by atoms with van der Waals surface area (Å²) >= 11 is 0. The topological polar surface area (TPSA) is 108 Å². The summed E-state index contributed by atoms with van der Waals surface area (Å²) in [6.45, 7) is 0.571. The zero-order valence-electron chi connectivity index (χ0n) is 21.4. The van der Waals surface area contributed by atoms with Crippen LogP contribution in [0.3, 0.4) is 0 Å². The Morgan fingerprint density at radius 1 is 1.05 bits per heavy atom. The van der Waals surface area contributed by atoms with E-state index in [-0.39, 0.29) is 60.4 Å². The average molecular weight is 545 g/mol. The lowest BCUT2D eigenvalue weighted by atomic mass is 9.72. The molecule has 3 fully saturated rings. The highest BCUT2D eigenvalue weighted by atomic mass is 32.2. The minimum Gasteiger partial charge on any atom is -0.497 e. The Morgan fingerprint density at radius 2 is 1.76 bits per heavy atom. The highest BCUT2D eigenvalue weighted by Gasteiger charge is 2.40. The van der Waals surface area contributed by atoms with Gasteiger partial charge in [0.15, 0.2) is 0 Å². The van der Waals surface area contributed by atoms with Crippen molar-refractivity contribution in [3.8, 4) is 5.75 Å². The van der Waals surface area contributed by atoms with Crippen molar-refractivity contribution in [1.82, 2.24) is 20.1 Å². The van der Waals surface area contributed by atoms with Gasteiger partial charge in [-0.1, -0.05) is 18.9 Å². The quantitative estimate of drug-likeness (QED) is 0.578. The van der Waals surface area contributed by atoms with Gasteiger partial charge in [0.1, 0.15) is 11.6 Å². The molecule has 2 aromatic rings. The molecule has 2 amide bonds. The van der Waals surface area contributed by atoms with Gasteiger partial charge in [-0.2, -0.15) is 4.31 Å². The molecule has 204 valence electrons. The number of carbonyl (C=O) groups is 2. The Balaban J connectivity index is 1.24. The predicted octanol–water partition coefficient (Wildman–Crippen LogP) is 2.33. The number of piperazine rings is 1. The standard InChI is InChI=1S/C27H33FN4O5S/c1-37-19-7-9-20(10-8-19)38(35,36)32-14-12-31(13-15-32)27(34)23-16-18(6-11-24(23)28)17-25-21-4-2-3-5-22(21)26(33)30-29-25/h6-11,16,21-22,25,29H,2-5,12-15,17H2,1H3,(H,30,33). The molecule has 11 heteroatoms. The average Bonchev–Trinajstić information content (AvgIpc) is 2.95. The molecule has 5 rings (SSSR count). The molecule has 0 aromatic heterocycles. The van der Waals surface area contributed by atoms with Crippen molar-refractivity contribution < 1.29 is 27.1 Å². The first-order valence-electron chi connectivity index (χ1n) is 13.0. The van der Waals surface area contributed by atoms with Gasteiger partial charge in [-0.05, 0) is 67.1 Å². The zero-order valence-corrected chi connectivity index (χ0v) is 22.2. The Bertz CT molecular complexity index is 1300. The molecule has 3 atom stereocenters. The number of hydrogen-bond acceptors (Lipinski definition) is 6. The van der Waals surface area contributed by atoms with E-state index in [0.717, 1.165) is 31.2 Å². The molecule has 3 aliphatic rings. The minimum atomic E-state index is -3.72. The van der Waals surface area contributed by atoms with Crippen LogP contribution in [0.2, 0.25) is 0 Å². The van der Waals surface area contributed by atoms with Gasteiger partial charge in [-0.15, -0.1) is 0 Å². The first kappa shape index (κ1) is 26.6. The van der Waals surface area contributed by atoms with E-state index in [2.05, 4.69) is 10.9 Å². The molecular formula is C27H33FN4O5S. The number of carbonyl (C=O) groups excluding carboxylic acids is 2. The Labute approximate surface area is 222 Å². The van der Waals surface area contributed by atoms with Crippen molar-refractivity contribution in [3.05, 3.63) is 59.4 Å². The fourth-order valence-corrected chi connectivity index (χ4v) is 7.27. The maximum Gasteiger partial charge on any atom is 0.256 e. The molecule has 38 heavy (non-hydrogen) atoms. The van der Waals surface area contributed by atoms with Crippen molar-refractivity contribution >= 4 is 21.8 Å². The summed E-state index contributed by atoms with van der Waals surface area (Å²) in [7, 11) is -2.21. The Morgan fingerprint density at radius 3 is 2.47 bits per heavy atom. The third kappa shape index (κ3) is 5.27. The third-order valence-corrected chi connectivity index (χ3v) is 9.91. The predicted molar refractivity (Wildman–Crippen MR) is 138 cm³/mol. The maximum absolute atomic E-state index is 14.8. The first-order valence-corrected chi connectivity index (χ1v) is 14.5. The zero-order chi connectivity index (χ0) is 26.9. The van der Waals surface area contributed by atoms with Crippen LogP contribution in [0.15, 0.2) is 47.4 Å². The van der Waals surface area contributed by atoms with Crippen molar-refractivity contribution in [3.63, 3.8) is 0 Å². The van der Waals surface area contributed by atoms with Crippen molar-refractivity contribution in [2.24, 2.45) is 11.8 Å². The van der Waals surface area contributed by atoms with E-state index in [1.54, 1.807) is 24.3 Å². The van der Waals surface area contributed by atoms with Crippen molar-refractivity contribution in [1.29, 1.82) is 0 Å². The molecule has 2 aliphatic heterocycles. The normalized spacial score (nSPS) is 24.4. The summed E-state index contributed by atoms with van der Waals surface area (Å²) in [5.41, 5.74) is 6.71. The highest BCUT2D eigenvalue weighted by molar-refractivity contribution is 7.89. The summed E-state index contributed by atoms with van der Waals surface area (Å²) in [6.07, 6.45) is 4.54. The molecule has 9 nitrogen and oxygen atoms in total. The van der Waals surface area contributed by atoms with Crippen LogP contribution >= 0.6 is 0 Å². The number of halogens is 1. The van der Waals surface area contributed by atoms with Gasteiger partial charge in [-0.25, -0.2) is 18.2 Å². The van der Waals surface area contributed by atoms with E-state index in [0.29, 0.717) is 12.2 Å². The molecular weight excluding hydrogens is 511 g/mol. The van der Waals surface area contributed by atoms with Gasteiger partial charge in [0.05, 0.1) is 17.6 Å².